The molecule has 1 heterocycles. The van der Waals surface area contributed by atoms with Crippen molar-refractivity contribution in [3.8, 4) is 12.3 Å². The molecule has 43 heavy (non-hydrogen) atoms. The first-order chi connectivity index (χ1) is 20.4. The first-order valence-electron chi connectivity index (χ1n) is 15.4. The van der Waals surface area contributed by atoms with E-state index < -0.39 is 38.9 Å². The highest BCUT2D eigenvalue weighted by molar-refractivity contribution is 7.93. The normalized spacial score (nSPS) is 21.0. The predicted molar refractivity (Wildman–Crippen MR) is 173 cm³/mol. The van der Waals surface area contributed by atoms with Gasteiger partial charge < -0.3 is 15.7 Å². The van der Waals surface area contributed by atoms with Gasteiger partial charge in [0.25, 0.3) is 5.91 Å². The average Bonchev–Trinajstić information content (AvgIpc) is 3.73. The topological polar surface area (TPSA) is 124 Å². The van der Waals surface area contributed by atoms with Crippen LogP contribution in [0.3, 0.4) is 0 Å². The summed E-state index contributed by atoms with van der Waals surface area (Å²) in [6, 6.07) is 12.2. The molecule has 1 amide bonds. The van der Waals surface area contributed by atoms with Crippen LogP contribution >= 0.6 is 0 Å². The van der Waals surface area contributed by atoms with Crippen LogP contribution in [0.1, 0.15) is 75.2 Å². The number of anilines is 2. The molecule has 0 unspecified atom stereocenters. The average molecular weight is 610 g/mol. The van der Waals surface area contributed by atoms with Gasteiger partial charge in [-0.3, -0.25) is 14.4 Å². The lowest BCUT2D eigenvalue weighted by Crippen LogP contribution is -2.54. The number of pyridine rings is 1. The van der Waals surface area contributed by atoms with Crippen LogP contribution in [0, 0.1) is 24.2 Å². The molecule has 0 bridgehead atoms. The van der Waals surface area contributed by atoms with E-state index in [0.29, 0.717) is 30.6 Å². The largest absolute Gasteiger partial charge is 0.390 e. The maximum Gasteiger partial charge on any atom is 0.251 e. The number of rotatable bonds is 14. The summed E-state index contributed by atoms with van der Waals surface area (Å²) in [5.41, 5.74) is 0.773. The molecule has 2 fully saturated rings. The lowest BCUT2D eigenvalue weighted by molar-refractivity contribution is 0.0810. The Morgan fingerprint density at radius 2 is 1.86 bits per heavy atom. The van der Waals surface area contributed by atoms with Crippen molar-refractivity contribution in [1.29, 1.82) is 0 Å². The monoisotopic (exact) mass is 609 g/mol. The van der Waals surface area contributed by atoms with Gasteiger partial charge in [0.15, 0.2) is 0 Å². The summed E-state index contributed by atoms with van der Waals surface area (Å²) in [5, 5.41) is 20.5. The standard InChI is InChI=1S/C33H47N5O4S/c1-6-33(15-11-8-12-16-33)35-22-29(39)28(18-25-13-9-7-10-14-25)36-32(40)26-19-30(34-21-27-17-24(27)4)37-31(20-26)38(5)43(41,42)23(2)3/h1,7,9-10,13-14,19-20,23-24,27-29,35,39H,8,11-12,15-18,21-22H2,2-5H3,(H,34,37)(H,36,40)/t24-,27+,28-,29+/m0/s1. The van der Waals surface area contributed by atoms with Crippen LogP contribution in [0.4, 0.5) is 11.6 Å². The number of aromatic nitrogens is 1. The van der Waals surface area contributed by atoms with E-state index in [1.807, 2.05) is 30.3 Å². The molecule has 0 radical (unpaired) electrons. The van der Waals surface area contributed by atoms with Crippen molar-refractivity contribution in [2.75, 3.05) is 29.8 Å². The van der Waals surface area contributed by atoms with Crippen LogP contribution in [0.5, 0.6) is 0 Å². The van der Waals surface area contributed by atoms with Gasteiger partial charge in [0, 0.05) is 25.7 Å². The fourth-order valence-electron chi connectivity index (χ4n) is 5.64. The lowest BCUT2D eigenvalue weighted by Gasteiger charge is -2.35. The van der Waals surface area contributed by atoms with E-state index in [-0.39, 0.29) is 17.9 Å². The second-order valence-electron chi connectivity index (χ2n) is 12.5. The third-order valence-electron chi connectivity index (χ3n) is 8.91. The maximum absolute atomic E-state index is 13.8. The Morgan fingerprint density at radius 1 is 1.19 bits per heavy atom. The number of nitrogens with one attached hydrogen (secondary N) is 3. The Morgan fingerprint density at radius 3 is 2.47 bits per heavy atom. The molecule has 4 rings (SSSR count). The highest BCUT2D eigenvalue weighted by atomic mass is 32.2. The van der Waals surface area contributed by atoms with Crippen molar-refractivity contribution in [1.82, 2.24) is 15.6 Å². The molecule has 234 valence electrons. The smallest absolute Gasteiger partial charge is 0.251 e. The zero-order chi connectivity index (χ0) is 31.2. The van der Waals surface area contributed by atoms with Crippen LogP contribution in [0.2, 0.25) is 0 Å². The highest BCUT2D eigenvalue weighted by Crippen LogP contribution is 2.37. The summed E-state index contributed by atoms with van der Waals surface area (Å²) in [6.45, 7) is 6.32. The second kappa shape index (κ2) is 14.1. The molecule has 2 aromatic rings. The summed E-state index contributed by atoms with van der Waals surface area (Å²) in [7, 11) is -2.22. The Balaban J connectivity index is 1.58. The molecule has 1 aromatic carbocycles. The molecule has 2 aliphatic rings. The maximum atomic E-state index is 13.8. The predicted octanol–water partition coefficient (Wildman–Crippen LogP) is 3.95. The van der Waals surface area contributed by atoms with Gasteiger partial charge in [0.1, 0.15) is 11.6 Å². The molecular formula is C33H47N5O4S. The Hall–Kier alpha value is -3.13. The van der Waals surface area contributed by atoms with E-state index in [9.17, 15) is 18.3 Å². The van der Waals surface area contributed by atoms with Crippen molar-refractivity contribution in [3.05, 3.63) is 53.6 Å². The summed E-state index contributed by atoms with van der Waals surface area (Å²) in [5.74, 6) is 4.23. The zero-order valence-electron chi connectivity index (χ0n) is 25.8. The van der Waals surface area contributed by atoms with Crippen LogP contribution < -0.4 is 20.3 Å². The number of aliphatic hydroxyl groups excluding tert-OH is 1. The van der Waals surface area contributed by atoms with Gasteiger partial charge in [-0.15, -0.1) is 6.42 Å². The quantitative estimate of drug-likeness (QED) is 0.239. The van der Waals surface area contributed by atoms with Crippen molar-refractivity contribution in [3.63, 3.8) is 0 Å². The number of aliphatic hydroxyl groups is 1. The molecule has 2 saturated carbocycles. The summed E-state index contributed by atoms with van der Waals surface area (Å²) in [6.07, 6.45) is 11.5. The van der Waals surface area contributed by atoms with Gasteiger partial charge in [-0.2, -0.15) is 0 Å². The van der Waals surface area contributed by atoms with Gasteiger partial charge in [0.2, 0.25) is 10.0 Å². The molecule has 9 nitrogen and oxygen atoms in total. The van der Waals surface area contributed by atoms with Crippen LogP contribution in [0.15, 0.2) is 42.5 Å². The number of nitrogens with zero attached hydrogens (tertiary/aromatic N) is 2. The zero-order valence-corrected chi connectivity index (χ0v) is 26.7. The molecule has 0 saturated heterocycles. The number of benzene rings is 1. The minimum atomic E-state index is -3.67. The minimum Gasteiger partial charge on any atom is -0.390 e. The number of carbonyl (C=O) groups excluding carboxylic acids is 1. The van der Waals surface area contributed by atoms with Gasteiger partial charge in [0.05, 0.1) is 22.9 Å². The summed E-state index contributed by atoms with van der Waals surface area (Å²) >= 11 is 0. The van der Waals surface area contributed by atoms with Crippen LogP contribution in [-0.4, -0.2) is 67.5 Å². The van der Waals surface area contributed by atoms with Crippen molar-refractivity contribution < 1.29 is 18.3 Å². The molecule has 4 atom stereocenters. The number of carbonyl (C=O) groups is 1. The number of sulfonamides is 1. The molecule has 2 aliphatic carbocycles. The third-order valence-corrected chi connectivity index (χ3v) is 11.0. The van der Waals surface area contributed by atoms with Gasteiger partial charge in [-0.05, 0) is 69.1 Å². The fraction of sp³-hybridized carbons (Fsp3) is 0.576. The van der Waals surface area contributed by atoms with E-state index in [1.165, 1.54) is 13.1 Å². The van der Waals surface area contributed by atoms with Crippen molar-refractivity contribution >= 4 is 27.6 Å². The summed E-state index contributed by atoms with van der Waals surface area (Å²) in [4.78, 5) is 18.3. The van der Waals surface area contributed by atoms with E-state index >= 15 is 0 Å². The second-order valence-corrected chi connectivity index (χ2v) is 15.0. The van der Waals surface area contributed by atoms with Crippen LogP contribution in [0.25, 0.3) is 0 Å². The number of terminal acetylenes is 1. The minimum absolute atomic E-state index is 0.155. The molecular weight excluding hydrogens is 562 g/mol. The van der Waals surface area contributed by atoms with Crippen molar-refractivity contribution in [2.45, 2.75) is 88.7 Å². The van der Waals surface area contributed by atoms with Gasteiger partial charge >= 0.3 is 0 Å². The molecule has 0 aliphatic heterocycles. The first-order valence-corrected chi connectivity index (χ1v) is 16.9. The Kier molecular flexibility index (Phi) is 10.8. The van der Waals surface area contributed by atoms with E-state index in [4.69, 9.17) is 6.42 Å². The summed E-state index contributed by atoms with van der Waals surface area (Å²) < 4.78 is 27.1. The van der Waals surface area contributed by atoms with Crippen LogP contribution in [-0.2, 0) is 16.4 Å². The Labute approximate surface area is 257 Å². The van der Waals surface area contributed by atoms with Gasteiger partial charge in [-0.25, -0.2) is 13.4 Å². The van der Waals surface area contributed by atoms with Crippen molar-refractivity contribution in [2.24, 2.45) is 11.8 Å². The number of β-amino-alcohol motifs (C(OH)–C–C–N with tert-alkyl or cyclic N) is 1. The Bertz CT molecular complexity index is 1390. The third kappa shape index (κ3) is 8.49. The van der Waals surface area contributed by atoms with Gasteiger partial charge in [-0.1, -0.05) is 62.4 Å². The number of hydrogen-bond acceptors (Lipinski definition) is 7. The molecule has 4 N–H and O–H groups in total. The van der Waals surface area contributed by atoms with E-state index in [2.05, 4.69) is 33.8 Å². The lowest BCUT2D eigenvalue weighted by atomic mass is 9.82. The number of hydrogen-bond donors (Lipinski definition) is 4. The molecule has 1 aromatic heterocycles. The van der Waals surface area contributed by atoms with E-state index in [1.54, 1.807) is 19.9 Å². The first kappa shape index (κ1) is 32.8. The van der Waals surface area contributed by atoms with E-state index in [0.717, 1.165) is 48.4 Å². The highest BCUT2D eigenvalue weighted by Gasteiger charge is 2.33. The molecule has 10 heteroatoms. The SMILES string of the molecule is C#CC1(NC[C@@H](O)[C@H](Cc2ccccc2)NC(=O)c2cc(NC[C@H]3C[C@@H]3C)nc(N(C)S(=O)(=O)C(C)C)c2)CCCCC1. The fourth-order valence-corrected chi connectivity index (χ4v) is 6.62. The number of amides is 1. The molecule has 0 spiro atoms.